The Morgan fingerprint density at radius 2 is 1.57 bits per heavy atom. The van der Waals surface area contributed by atoms with Gasteiger partial charge in [0.15, 0.2) is 0 Å². The molecule has 0 aliphatic heterocycles. The number of amides is 2. The molecule has 142 valence electrons. The summed E-state index contributed by atoms with van der Waals surface area (Å²) in [5.74, 6) is -0.0267. The Morgan fingerprint density at radius 3 is 2.18 bits per heavy atom. The number of hydrogen-bond acceptors (Lipinski definition) is 4. The van der Waals surface area contributed by atoms with Crippen LogP contribution in [0.1, 0.15) is 39.0 Å². The summed E-state index contributed by atoms with van der Waals surface area (Å²) in [7, 11) is 0. The van der Waals surface area contributed by atoms with Gasteiger partial charge in [0.1, 0.15) is 5.76 Å². The predicted molar refractivity (Wildman–Crippen MR) is 109 cm³/mol. The van der Waals surface area contributed by atoms with Crippen LogP contribution in [0.3, 0.4) is 0 Å². The van der Waals surface area contributed by atoms with Crippen molar-refractivity contribution in [3.63, 3.8) is 0 Å². The van der Waals surface area contributed by atoms with Crippen molar-refractivity contribution in [1.82, 2.24) is 5.43 Å². The number of rotatable bonds is 5. The van der Waals surface area contributed by atoms with Gasteiger partial charge in [0.25, 0.3) is 11.8 Å². The quantitative estimate of drug-likeness (QED) is 0.487. The van der Waals surface area contributed by atoms with Crippen LogP contribution in [0.15, 0.2) is 70.4 Å². The Hall–Kier alpha value is -3.38. The molecule has 0 bridgehead atoms. The molecule has 0 spiro atoms. The molecular weight excluding hydrogens is 378 g/mol. The Labute approximate surface area is 167 Å². The Balaban J connectivity index is 1.63. The molecule has 7 heteroatoms. The molecular formula is C21H18ClN3O3. The standard InChI is InChI=1S/C21H18ClN3O3/c1-13(24-25-21(27)19-11-12-28-14(19)2)15-5-9-18(10-6-15)23-20(26)16-3-7-17(22)8-4-16/h3-12H,1-2H3,(H,23,26)(H,25,27)/b24-13-. The number of aryl methyl sites for hydroxylation is 1. The molecule has 2 N–H and O–H groups in total. The minimum atomic E-state index is -0.336. The Kier molecular flexibility index (Phi) is 5.91. The van der Waals surface area contributed by atoms with Crippen molar-refractivity contribution >= 4 is 34.8 Å². The second-order valence-corrected chi connectivity index (χ2v) is 6.50. The van der Waals surface area contributed by atoms with Crippen LogP contribution in [0.2, 0.25) is 5.02 Å². The third-order valence-electron chi connectivity index (χ3n) is 4.10. The van der Waals surface area contributed by atoms with Gasteiger partial charge in [-0.1, -0.05) is 23.7 Å². The van der Waals surface area contributed by atoms with Crippen LogP contribution in [-0.4, -0.2) is 17.5 Å². The van der Waals surface area contributed by atoms with Crippen LogP contribution in [0.4, 0.5) is 5.69 Å². The van der Waals surface area contributed by atoms with E-state index in [1.54, 1.807) is 56.3 Å². The number of hydrazone groups is 1. The molecule has 0 saturated carbocycles. The van der Waals surface area contributed by atoms with Crippen LogP contribution in [0, 0.1) is 6.92 Å². The van der Waals surface area contributed by atoms with Crippen LogP contribution in [0.5, 0.6) is 0 Å². The number of carbonyl (C=O) groups excluding carboxylic acids is 2. The first-order chi connectivity index (χ1) is 13.4. The number of furan rings is 1. The van der Waals surface area contributed by atoms with Gasteiger partial charge in [0, 0.05) is 16.3 Å². The topological polar surface area (TPSA) is 83.7 Å². The zero-order valence-electron chi connectivity index (χ0n) is 15.3. The number of carbonyl (C=O) groups is 2. The highest BCUT2D eigenvalue weighted by atomic mass is 35.5. The van der Waals surface area contributed by atoms with E-state index in [4.69, 9.17) is 16.0 Å². The van der Waals surface area contributed by atoms with E-state index in [0.29, 0.717) is 33.3 Å². The highest BCUT2D eigenvalue weighted by Gasteiger charge is 2.11. The van der Waals surface area contributed by atoms with E-state index < -0.39 is 0 Å². The molecule has 1 heterocycles. The van der Waals surface area contributed by atoms with Crippen molar-refractivity contribution in [1.29, 1.82) is 0 Å². The maximum absolute atomic E-state index is 12.2. The Bertz CT molecular complexity index is 1020. The number of nitrogens with one attached hydrogen (secondary N) is 2. The maximum atomic E-state index is 12.2. The van der Waals surface area contributed by atoms with Crippen LogP contribution in [-0.2, 0) is 0 Å². The number of nitrogens with zero attached hydrogens (tertiary/aromatic N) is 1. The van der Waals surface area contributed by atoms with Crippen molar-refractivity contribution in [3.8, 4) is 0 Å². The van der Waals surface area contributed by atoms with Gasteiger partial charge < -0.3 is 9.73 Å². The average molecular weight is 396 g/mol. The van der Waals surface area contributed by atoms with E-state index in [1.807, 2.05) is 12.1 Å². The van der Waals surface area contributed by atoms with E-state index in [2.05, 4.69) is 15.8 Å². The van der Waals surface area contributed by atoms with E-state index in [1.165, 1.54) is 6.26 Å². The molecule has 0 fully saturated rings. The summed E-state index contributed by atoms with van der Waals surface area (Å²) in [6.07, 6.45) is 1.46. The van der Waals surface area contributed by atoms with Crippen LogP contribution >= 0.6 is 11.6 Å². The van der Waals surface area contributed by atoms with Gasteiger partial charge in [-0.25, -0.2) is 5.43 Å². The monoisotopic (exact) mass is 395 g/mol. The molecule has 0 saturated heterocycles. The predicted octanol–water partition coefficient (Wildman–Crippen LogP) is 4.65. The molecule has 2 aromatic carbocycles. The second kappa shape index (κ2) is 8.54. The Morgan fingerprint density at radius 1 is 0.929 bits per heavy atom. The van der Waals surface area contributed by atoms with Crippen molar-refractivity contribution in [2.75, 3.05) is 5.32 Å². The normalized spacial score (nSPS) is 11.2. The lowest BCUT2D eigenvalue weighted by molar-refractivity contribution is 0.0952. The van der Waals surface area contributed by atoms with Crippen molar-refractivity contribution < 1.29 is 14.0 Å². The van der Waals surface area contributed by atoms with Crippen molar-refractivity contribution in [2.24, 2.45) is 5.10 Å². The highest BCUT2D eigenvalue weighted by Crippen LogP contribution is 2.14. The first-order valence-electron chi connectivity index (χ1n) is 8.50. The van der Waals surface area contributed by atoms with Crippen LogP contribution < -0.4 is 10.7 Å². The first kappa shape index (κ1) is 19.4. The number of benzene rings is 2. The summed E-state index contributed by atoms with van der Waals surface area (Å²) in [5.41, 5.74) is 5.56. The minimum Gasteiger partial charge on any atom is -0.469 e. The molecule has 2 amide bonds. The SMILES string of the molecule is C/C(=N/NC(=O)c1ccoc1C)c1ccc(NC(=O)c2ccc(Cl)cc2)cc1. The van der Waals surface area contributed by atoms with Gasteiger partial charge in [0.05, 0.1) is 17.5 Å². The van der Waals surface area contributed by atoms with E-state index >= 15 is 0 Å². The lowest BCUT2D eigenvalue weighted by Gasteiger charge is -2.07. The summed E-state index contributed by atoms with van der Waals surface area (Å²) < 4.78 is 5.11. The summed E-state index contributed by atoms with van der Waals surface area (Å²) in [5, 5.41) is 7.50. The van der Waals surface area contributed by atoms with Gasteiger partial charge in [-0.3, -0.25) is 9.59 Å². The third-order valence-corrected chi connectivity index (χ3v) is 4.35. The van der Waals surface area contributed by atoms with Gasteiger partial charge >= 0.3 is 0 Å². The maximum Gasteiger partial charge on any atom is 0.274 e. The number of hydrogen-bond donors (Lipinski definition) is 2. The molecule has 0 aliphatic carbocycles. The highest BCUT2D eigenvalue weighted by molar-refractivity contribution is 6.30. The molecule has 0 unspecified atom stereocenters. The summed E-state index contributed by atoms with van der Waals surface area (Å²) in [4.78, 5) is 24.3. The fourth-order valence-electron chi connectivity index (χ4n) is 2.48. The molecule has 3 aromatic rings. The van der Waals surface area contributed by atoms with E-state index in [-0.39, 0.29) is 11.8 Å². The van der Waals surface area contributed by atoms with Crippen LogP contribution in [0.25, 0.3) is 0 Å². The largest absolute Gasteiger partial charge is 0.469 e. The molecule has 1 aromatic heterocycles. The summed E-state index contributed by atoms with van der Waals surface area (Å²) in [6, 6.07) is 15.4. The molecule has 0 aliphatic rings. The van der Waals surface area contributed by atoms with Gasteiger partial charge in [0.2, 0.25) is 0 Å². The number of halogens is 1. The third kappa shape index (κ3) is 4.66. The van der Waals surface area contributed by atoms with Gasteiger partial charge in [-0.15, -0.1) is 0 Å². The first-order valence-corrected chi connectivity index (χ1v) is 8.88. The summed E-state index contributed by atoms with van der Waals surface area (Å²) >= 11 is 5.83. The lowest BCUT2D eigenvalue weighted by atomic mass is 10.1. The van der Waals surface area contributed by atoms with Gasteiger partial charge in [-0.05, 0) is 61.9 Å². The fraction of sp³-hybridized carbons (Fsp3) is 0.0952. The summed E-state index contributed by atoms with van der Waals surface area (Å²) in [6.45, 7) is 3.49. The van der Waals surface area contributed by atoms with Gasteiger partial charge in [-0.2, -0.15) is 5.10 Å². The molecule has 0 atom stereocenters. The lowest BCUT2D eigenvalue weighted by Crippen LogP contribution is -2.19. The molecule has 0 radical (unpaired) electrons. The zero-order valence-corrected chi connectivity index (χ0v) is 16.1. The average Bonchev–Trinajstić information content (AvgIpc) is 3.13. The zero-order chi connectivity index (χ0) is 20.1. The smallest absolute Gasteiger partial charge is 0.274 e. The minimum absolute atomic E-state index is 0.224. The van der Waals surface area contributed by atoms with E-state index in [9.17, 15) is 9.59 Å². The van der Waals surface area contributed by atoms with E-state index in [0.717, 1.165) is 5.56 Å². The molecule has 3 rings (SSSR count). The fourth-order valence-corrected chi connectivity index (χ4v) is 2.61. The van der Waals surface area contributed by atoms with Crippen molar-refractivity contribution in [3.05, 3.63) is 88.3 Å². The molecule has 28 heavy (non-hydrogen) atoms. The van der Waals surface area contributed by atoms with Crippen molar-refractivity contribution in [2.45, 2.75) is 13.8 Å². The number of anilines is 1. The second-order valence-electron chi connectivity index (χ2n) is 6.07. The molecule has 6 nitrogen and oxygen atoms in total.